The average molecular weight is 382 g/mol. The molecule has 1 aliphatic heterocycles. The van der Waals surface area contributed by atoms with Gasteiger partial charge in [-0.15, -0.1) is 0 Å². The zero-order chi connectivity index (χ0) is 19.5. The Morgan fingerprint density at radius 1 is 1.14 bits per heavy atom. The topological polar surface area (TPSA) is 70.7 Å². The molecule has 0 unspecified atom stereocenters. The molecule has 28 heavy (non-hydrogen) atoms. The van der Waals surface area contributed by atoms with Crippen molar-refractivity contribution >= 4 is 11.6 Å². The van der Waals surface area contributed by atoms with Gasteiger partial charge in [-0.05, 0) is 54.9 Å². The van der Waals surface area contributed by atoms with Crippen LogP contribution in [-0.4, -0.2) is 50.2 Å². The summed E-state index contributed by atoms with van der Waals surface area (Å²) in [5.74, 6) is 0.241. The number of likely N-dealkylation sites (tertiary alicyclic amines) is 1. The van der Waals surface area contributed by atoms with Crippen molar-refractivity contribution in [2.24, 2.45) is 5.92 Å². The Hall–Kier alpha value is -2.80. The molecule has 1 amide bonds. The molecule has 3 heterocycles. The highest BCUT2D eigenvalue weighted by molar-refractivity contribution is 5.99. The largest absolute Gasteiger partial charge is 0.396 e. The minimum Gasteiger partial charge on any atom is -0.396 e. The van der Waals surface area contributed by atoms with Crippen molar-refractivity contribution in [1.82, 2.24) is 19.5 Å². The normalized spacial score (nSPS) is 15.3. The third-order valence-corrected chi connectivity index (χ3v) is 5.38. The number of rotatable bonds is 5. The Bertz CT molecular complexity index is 962. The van der Waals surface area contributed by atoms with E-state index in [0.717, 1.165) is 30.4 Å². The molecule has 4 rings (SSSR count). The summed E-state index contributed by atoms with van der Waals surface area (Å²) in [5.41, 5.74) is 3.06. The van der Waals surface area contributed by atoms with E-state index in [1.807, 2.05) is 17.0 Å². The fourth-order valence-corrected chi connectivity index (χ4v) is 3.79. The highest BCUT2D eigenvalue weighted by Crippen LogP contribution is 2.24. The van der Waals surface area contributed by atoms with Gasteiger partial charge in [-0.1, -0.05) is 12.1 Å². The van der Waals surface area contributed by atoms with Crippen LogP contribution in [0, 0.1) is 11.7 Å². The SMILES string of the molecule is O=C(c1cnn2cc(CCO)cnc12)N1CCC(Cc2ccc(F)cc2)CC1. The zero-order valence-corrected chi connectivity index (χ0v) is 15.6. The molecule has 0 spiro atoms. The summed E-state index contributed by atoms with van der Waals surface area (Å²) in [7, 11) is 0. The van der Waals surface area contributed by atoms with Crippen LogP contribution in [0.3, 0.4) is 0 Å². The molecule has 3 aromatic rings. The van der Waals surface area contributed by atoms with Crippen LogP contribution in [0.2, 0.25) is 0 Å². The number of aliphatic hydroxyl groups is 1. The van der Waals surface area contributed by atoms with Crippen LogP contribution in [0.1, 0.15) is 34.3 Å². The summed E-state index contributed by atoms with van der Waals surface area (Å²) in [5, 5.41) is 13.3. The Balaban J connectivity index is 1.40. The molecule has 1 aliphatic rings. The quantitative estimate of drug-likeness (QED) is 0.736. The molecule has 0 radical (unpaired) electrons. The van der Waals surface area contributed by atoms with E-state index in [4.69, 9.17) is 5.11 Å². The standard InChI is InChI=1S/C21H23FN4O2/c22-18-3-1-15(2-4-18)11-16-5-8-25(9-6-16)21(28)19-13-24-26-14-17(7-10-27)12-23-20(19)26/h1-4,12-14,16,27H,5-11H2. The lowest BCUT2D eigenvalue weighted by Crippen LogP contribution is -2.38. The van der Waals surface area contributed by atoms with Crippen molar-refractivity contribution in [2.75, 3.05) is 19.7 Å². The molecule has 0 aliphatic carbocycles. The van der Waals surface area contributed by atoms with Gasteiger partial charge in [-0.25, -0.2) is 13.9 Å². The predicted molar refractivity (Wildman–Crippen MR) is 103 cm³/mol. The Labute approximate surface area is 162 Å². The van der Waals surface area contributed by atoms with E-state index in [9.17, 15) is 9.18 Å². The summed E-state index contributed by atoms with van der Waals surface area (Å²) in [4.78, 5) is 19.2. The van der Waals surface area contributed by atoms with Crippen LogP contribution < -0.4 is 0 Å². The number of carbonyl (C=O) groups is 1. The Kier molecular flexibility index (Phi) is 5.34. The van der Waals surface area contributed by atoms with Crippen molar-refractivity contribution in [3.05, 3.63) is 65.4 Å². The van der Waals surface area contributed by atoms with Crippen LogP contribution in [0.4, 0.5) is 4.39 Å². The smallest absolute Gasteiger partial charge is 0.259 e. The first-order valence-corrected chi connectivity index (χ1v) is 9.61. The van der Waals surface area contributed by atoms with Crippen molar-refractivity contribution in [2.45, 2.75) is 25.7 Å². The summed E-state index contributed by atoms with van der Waals surface area (Å²) < 4.78 is 14.6. The Morgan fingerprint density at radius 3 is 2.61 bits per heavy atom. The number of halogens is 1. The Morgan fingerprint density at radius 2 is 1.89 bits per heavy atom. The number of hydrogen-bond acceptors (Lipinski definition) is 4. The van der Waals surface area contributed by atoms with Crippen molar-refractivity contribution < 1.29 is 14.3 Å². The van der Waals surface area contributed by atoms with Crippen molar-refractivity contribution in [1.29, 1.82) is 0 Å². The maximum absolute atomic E-state index is 13.0. The number of carbonyl (C=O) groups excluding carboxylic acids is 1. The molecule has 1 saturated heterocycles. The van der Waals surface area contributed by atoms with Gasteiger partial charge in [0.2, 0.25) is 0 Å². The molecule has 7 heteroatoms. The maximum Gasteiger partial charge on any atom is 0.259 e. The lowest BCUT2D eigenvalue weighted by Gasteiger charge is -2.32. The van der Waals surface area contributed by atoms with E-state index in [2.05, 4.69) is 10.1 Å². The fourth-order valence-electron chi connectivity index (χ4n) is 3.79. The van der Waals surface area contributed by atoms with Gasteiger partial charge in [-0.2, -0.15) is 5.10 Å². The van der Waals surface area contributed by atoms with Crippen molar-refractivity contribution in [3.63, 3.8) is 0 Å². The second-order valence-electron chi connectivity index (χ2n) is 7.33. The number of nitrogens with zero attached hydrogens (tertiary/aromatic N) is 4. The molecular formula is C21H23FN4O2. The summed E-state index contributed by atoms with van der Waals surface area (Å²) >= 11 is 0. The molecule has 0 atom stereocenters. The first kappa shape index (κ1) is 18.6. The first-order valence-electron chi connectivity index (χ1n) is 9.61. The van der Waals surface area contributed by atoms with Crippen LogP contribution in [-0.2, 0) is 12.8 Å². The molecule has 1 N–H and O–H groups in total. The van der Waals surface area contributed by atoms with Gasteiger partial charge in [0, 0.05) is 32.1 Å². The van der Waals surface area contributed by atoms with Crippen LogP contribution in [0.5, 0.6) is 0 Å². The molecule has 1 fully saturated rings. The van der Waals surface area contributed by atoms with Gasteiger partial charge in [0.15, 0.2) is 5.65 Å². The fraction of sp³-hybridized carbons (Fsp3) is 0.381. The van der Waals surface area contributed by atoms with Gasteiger partial charge in [-0.3, -0.25) is 4.79 Å². The molecule has 6 nitrogen and oxygen atoms in total. The minimum absolute atomic E-state index is 0.0439. The summed E-state index contributed by atoms with van der Waals surface area (Å²) in [6.07, 6.45) is 8.32. The van der Waals surface area contributed by atoms with Gasteiger partial charge in [0.25, 0.3) is 5.91 Å². The number of aromatic nitrogens is 3. The van der Waals surface area contributed by atoms with E-state index in [1.165, 1.54) is 12.1 Å². The number of fused-ring (bicyclic) bond motifs is 1. The zero-order valence-electron chi connectivity index (χ0n) is 15.6. The summed E-state index contributed by atoms with van der Waals surface area (Å²) in [6.45, 7) is 1.45. The molecular weight excluding hydrogens is 359 g/mol. The highest BCUT2D eigenvalue weighted by Gasteiger charge is 2.26. The monoisotopic (exact) mass is 382 g/mol. The first-order chi connectivity index (χ1) is 13.6. The number of piperidine rings is 1. The predicted octanol–water partition coefficient (Wildman–Crippen LogP) is 2.50. The van der Waals surface area contributed by atoms with Gasteiger partial charge < -0.3 is 10.0 Å². The van der Waals surface area contributed by atoms with E-state index in [1.54, 1.807) is 23.1 Å². The van der Waals surface area contributed by atoms with E-state index in [-0.39, 0.29) is 18.3 Å². The lowest BCUT2D eigenvalue weighted by atomic mass is 9.90. The molecule has 0 bridgehead atoms. The minimum atomic E-state index is -0.213. The number of benzene rings is 1. The molecule has 146 valence electrons. The lowest BCUT2D eigenvalue weighted by molar-refractivity contribution is 0.0692. The van der Waals surface area contributed by atoms with Crippen LogP contribution in [0.25, 0.3) is 5.65 Å². The van der Waals surface area contributed by atoms with Crippen molar-refractivity contribution in [3.8, 4) is 0 Å². The third kappa shape index (κ3) is 3.89. The maximum atomic E-state index is 13.0. The molecule has 0 saturated carbocycles. The van der Waals surface area contributed by atoms with Gasteiger partial charge >= 0.3 is 0 Å². The van der Waals surface area contributed by atoms with E-state index in [0.29, 0.717) is 36.6 Å². The van der Waals surface area contributed by atoms with Gasteiger partial charge in [0.1, 0.15) is 11.4 Å². The number of amides is 1. The second kappa shape index (κ2) is 8.06. The van der Waals surface area contributed by atoms with E-state index >= 15 is 0 Å². The number of hydrogen-bond donors (Lipinski definition) is 1. The van der Waals surface area contributed by atoms with Gasteiger partial charge in [0.05, 0.1) is 6.20 Å². The molecule has 2 aromatic heterocycles. The third-order valence-electron chi connectivity index (χ3n) is 5.38. The van der Waals surface area contributed by atoms with Crippen LogP contribution >= 0.6 is 0 Å². The molecule has 1 aromatic carbocycles. The van der Waals surface area contributed by atoms with E-state index < -0.39 is 0 Å². The highest BCUT2D eigenvalue weighted by atomic mass is 19.1. The summed E-state index contributed by atoms with van der Waals surface area (Å²) in [6, 6.07) is 6.67. The van der Waals surface area contributed by atoms with Crippen LogP contribution in [0.15, 0.2) is 42.9 Å². The number of aliphatic hydroxyl groups excluding tert-OH is 1. The second-order valence-corrected chi connectivity index (χ2v) is 7.33. The average Bonchev–Trinajstić information content (AvgIpc) is 3.13.